The van der Waals surface area contributed by atoms with E-state index in [0.29, 0.717) is 49.4 Å². The molecule has 7 nitrogen and oxygen atoms in total. The van der Waals surface area contributed by atoms with E-state index in [0.717, 1.165) is 42.8 Å². The van der Waals surface area contributed by atoms with Gasteiger partial charge in [0, 0.05) is 38.0 Å². The molecule has 1 fully saturated rings. The minimum atomic E-state index is -0.354. The Morgan fingerprint density at radius 1 is 1.00 bits per heavy atom. The SMILES string of the molecule is CCOC(=O)c1c(CN2CCCN(C(=O)CCc3ccc(OC)cc3)CC2)oc2ccccc12. The molecule has 1 aliphatic rings. The fourth-order valence-corrected chi connectivity index (χ4v) is 4.42. The van der Waals surface area contributed by atoms with Crippen molar-refractivity contribution in [2.24, 2.45) is 0 Å². The number of benzene rings is 2. The monoisotopic (exact) mass is 464 g/mol. The summed E-state index contributed by atoms with van der Waals surface area (Å²) in [4.78, 5) is 29.7. The summed E-state index contributed by atoms with van der Waals surface area (Å²) >= 11 is 0. The number of aryl methyl sites for hydroxylation is 1. The highest BCUT2D eigenvalue weighted by Crippen LogP contribution is 2.28. The zero-order valence-electron chi connectivity index (χ0n) is 19.9. The maximum Gasteiger partial charge on any atom is 0.342 e. The number of nitrogens with zero attached hydrogens (tertiary/aromatic N) is 2. The third-order valence-corrected chi connectivity index (χ3v) is 6.24. The summed E-state index contributed by atoms with van der Waals surface area (Å²) in [5.74, 6) is 1.26. The van der Waals surface area contributed by atoms with Crippen LogP contribution in [0.15, 0.2) is 52.9 Å². The smallest absolute Gasteiger partial charge is 0.342 e. The van der Waals surface area contributed by atoms with Crippen LogP contribution in [0.25, 0.3) is 11.0 Å². The van der Waals surface area contributed by atoms with E-state index in [-0.39, 0.29) is 11.9 Å². The van der Waals surface area contributed by atoms with Gasteiger partial charge in [-0.15, -0.1) is 0 Å². The Labute approximate surface area is 200 Å². The van der Waals surface area contributed by atoms with Crippen molar-refractivity contribution in [2.75, 3.05) is 39.9 Å². The van der Waals surface area contributed by atoms with Crippen LogP contribution in [-0.2, 0) is 22.5 Å². The van der Waals surface area contributed by atoms with E-state index < -0.39 is 0 Å². The number of hydrogen-bond donors (Lipinski definition) is 0. The van der Waals surface area contributed by atoms with Gasteiger partial charge in [-0.2, -0.15) is 0 Å². The van der Waals surface area contributed by atoms with E-state index in [1.807, 2.05) is 53.4 Å². The average molecular weight is 465 g/mol. The molecule has 0 unspecified atom stereocenters. The van der Waals surface area contributed by atoms with Gasteiger partial charge < -0.3 is 18.8 Å². The van der Waals surface area contributed by atoms with Gasteiger partial charge in [-0.25, -0.2) is 4.79 Å². The van der Waals surface area contributed by atoms with Crippen LogP contribution in [0.5, 0.6) is 5.75 Å². The third-order valence-electron chi connectivity index (χ3n) is 6.24. The van der Waals surface area contributed by atoms with Gasteiger partial charge in [-0.1, -0.05) is 30.3 Å². The first-order valence-corrected chi connectivity index (χ1v) is 11.9. The summed E-state index contributed by atoms with van der Waals surface area (Å²) < 4.78 is 16.5. The number of furan rings is 1. The molecule has 0 atom stereocenters. The summed E-state index contributed by atoms with van der Waals surface area (Å²) in [6.07, 6.45) is 2.08. The molecule has 0 N–H and O–H groups in total. The average Bonchev–Trinajstić information content (AvgIpc) is 3.05. The number of rotatable bonds is 8. The van der Waals surface area contributed by atoms with Crippen LogP contribution in [0.1, 0.15) is 41.4 Å². The van der Waals surface area contributed by atoms with Gasteiger partial charge in [-0.3, -0.25) is 9.69 Å². The Hall–Kier alpha value is -3.32. The lowest BCUT2D eigenvalue weighted by Crippen LogP contribution is -2.35. The highest BCUT2D eigenvalue weighted by molar-refractivity contribution is 6.04. The summed E-state index contributed by atoms with van der Waals surface area (Å²) in [6.45, 7) is 5.59. The minimum Gasteiger partial charge on any atom is -0.497 e. The number of carbonyl (C=O) groups is 2. The van der Waals surface area contributed by atoms with Crippen molar-refractivity contribution in [1.29, 1.82) is 0 Å². The molecule has 0 spiro atoms. The lowest BCUT2D eigenvalue weighted by molar-refractivity contribution is -0.131. The largest absolute Gasteiger partial charge is 0.497 e. The molecule has 7 heteroatoms. The first-order chi connectivity index (χ1) is 16.6. The quantitative estimate of drug-likeness (QED) is 0.463. The van der Waals surface area contributed by atoms with E-state index in [9.17, 15) is 9.59 Å². The molecule has 3 aromatic rings. The zero-order valence-corrected chi connectivity index (χ0v) is 19.9. The van der Waals surface area contributed by atoms with E-state index in [1.54, 1.807) is 14.0 Å². The second-order valence-electron chi connectivity index (χ2n) is 8.48. The highest BCUT2D eigenvalue weighted by Gasteiger charge is 2.25. The van der Waals surface area contributed by atoms with Gasteiger partial charge in [0.1, 0.15) is 22.7 Å². The van der Waals surface area contributed by atoms with Crippen LogP contribution in [-0.4, -0.2) is 61.6 Å². The molecule has 1 amide bonds. The van der Waals surface area contributed by atoms with Gasteiger partial charge >= 0.3 is 5.97 Å². The number of carbonyl (C=O) groups excluding carboxylic acids is 2. The second kappa shape index (κ2) is 11.2. The lowest BCUT2D eigenvalue weighted by atomic mass is 10.1. The van der Waals surface area contributed by atoms with Crippen molar-refractivity contribution in [3.8, 4) is 5.75 Å². The van der Waals surface area contributed by atoms with Crippen LogP contribution < -0.4 is 4.74 Å². The molecular formula is C27H32N2O5. The summed E-state index contributed by atoms with van der Waals surface area (Å²) in [5, 5.41) is 0.779. The molecule has 0 aliphatic carbocycles. The second-order valence-corrected chi connectivity index (χ2v) is 8.48. The van der Waals surface area contributed by atoms with Crippen molar-refractivity contribution in [3.05, 3.63) is 65.4 Å². The van der Waals surface area contributed by atoms with Gasteiger partial charge in [-0.05, 0) is 43.5 Å². The van der Waals surface area contributed by atoms with Crippen molar-refractivity contribution in [3.63, 3.8) is 0 Å². The van der Waals surface area contributed by atoms with Crippen LogP contribution >= 0.6 is 0 Å². The molecule has 1 aromatic heterocycles. The van der Waals surface area contributed by atoms with Gasteiger partial charge in [0.15, 0.2) is 0 Å². The predicted molar refractivity (Wildman–Crippen MR) is 130 cm³/mol. The van der Waals surface area contributed by atoms with E-state index in [4.69, 9.17) is 13.9 Å². The topological polar surface area (TPSA) is 72.2 Å². The van der Waals surface area contributed by atoms with Crippen molar-refractivity contribution >= 4 is 22.8 Å². The molecule has 2 heterocycles. The van der Waals surface area contributed by atoms with Crippen LogP contribution in [0.2, 0.25) is 0 Å². The molecule has 0 saturated carbocycles. The fraction of sp³-hybridized carbons (Fsp3) is 0.407. The number of esters is 1. The first-order valence-electron chi connectivity index (χ1n) is 11.9. The number of amides is 1. The number of hydrogen-bond acceptors (Lipinski definition) is 6. The predicted octanol–water partition coefficient (Wildman–Crippen LogP) is 4.29. The Kier molecular flexibility index (Phi) is 7.85. The maximum atomic E-state index is 12.8. The Morgan fingerprint density at radius 2 is 1.79 bits per heavy atom. The molecule has 2 aromatic carbocycles. The molecular weight excluding hydrogens is 432 g/mol. The molecule has 1 saturated heterocycles. The molecule has 34 heavy (non-hydrogen) atoms. The third kappa shape index (κ3) is 5.59. The zero-order chi connectivity index (χ0) is 23.9. The Bertz CT molecular complexity index is 1120. The molecule has 0 radical (unpaired) electrons. The first kappa shape index (κ1) is 23.8. The summed E-state index contributed by atoms with van der Waals surface area (Å²) in [5.41, 5.74) is 2.32. The van der Waals surface area contributed by atoms with Crippen molar-refractivity contribution < 1.29 is 23.5 Å². The highest BCUT2D eigenvalue weighted by atomic mass is 16.5. The van der Waals surface area contributed by atoms with Crippen LogP contribution in [0.4, 0.5) is 0 Å². The van der Waals surface area contributed by atoms with Crippen molar-refractivity contribution in [2.45, 2.75) is 32.7 Å². The van der Waals surface area contributed by atoms with E-state index >= 15 is 0 Å². The normalized spacial score (nSPS) is 14.7. The number of fused-ring (bicyclic) bond motifs is 1. The van der Waals surface area contributed by atoms with Gasteiger partial charge in [0.25, 0.3) is 0 Å². The molecule has 1 aliphatic heterocycles. The number of para-hydroxylation sites is 1. The van der Waals surface area contributed by atoms with Gasteiger partial charge in [0.2, 0.25) is 5.91 Å². The Balaban J connectivity index is 1.37. The van der Waals surface area contributed by atoms with Gasteiger partial charge in [0.05, 0.1) is 20.3 Å². The standard InChI is InChI=1S/C27H32N2O5/c1-3-33-27(31)26-22-7-4-5-8-23(22)34-24(26)19-28-15-6-16-29(18-17-28)25(30)14-11-20-9-12-21(32-2)13-10-20/h4-5,7-10,12-13H,3,6,11,14-19H2,1-2H3. The molecule has 4 rings (SSSR count). The number of methoxy groups -OCH3 is 1. The van der Waals surface area contributed by atoms with Crippen LogP contribution in [0.3, 0.4) is 0 Å². The fourth-order valence-electron chi connectivity index (χ4n) is 4.42. The van der Waals surface area contributed by atoms with E-state index in [1.165, 1.54) is 0 Å². The Morgan fingerprint density at radius 3 is 2.56 bits per heavy atom. The molecule has 180 valence electrons. The lowest BCUT2D eigenvalue weighted by Gasteiger charge is -2.22. The van der Waals surface area contributed by atoms with Crippen molar-refractivity contribution in [1.82, 2.24) is 9.80 Å². The minimum absolute atomic E-state index is 0.175. The van der Waals surface area contributed by atoms with E-state index in [2.05, 4.69) is 4.90 Å². The number of ether oxygens (including phenoxy) is 2. The maximum absolute atomic E-state index is 12.8. The molecule has 0 bridgehead atoms. The van der Waals surface area contributed by atoms with Crippen LogP contribution in [0, 0.1) is 0 Å². The summed E-state index contributed by atoms with van der Waals surface area (Å²) in [6, 6.07) is 15.4. The summed E-state index contributed by atoms with van der Waals surface area (Å²) in [7, 11) is 1.65.